The fraction of sp³-hybridized carbons (Fsp3) is 1.00. The van der Waals surface area contributed by atoms with Crippen molar-refractivity contribution in [1.82, 2.24) is 0 Å². The number of hydrogen-bond donors (Lipinski definition) is 0. The molecule has 146 valence electrons. The van der Waals surface area contributed by atoms with Gasteiger partial charge in [0, 0.05) is 0 Å². The van der Waals surface area contributed by atoms with Crippen LogP contribution in [0.4, 0.5) is 0 Å². The minimum absolute atomic E-state index is 1.03. The van der Waals surface area contributed by atoms with Crippen LogP contribution in [0.25, 0.3) is 0 Å². The van der Waals surface area contributed by atoms with E-state index in [0.29, 0.717) is 0 Å². The first-order chi connectivity index (χ1) is 11.8. The van der Waals surface area contributed by atoms with Crippen molar-refractivity contribution in [1.29, 1.82) is 0 Å². The Bertz CT molecular complexity index is 194. The molecule has 0 aliphatic carbocycles. The summed E-state index contributed by atoms with van der Waals surface area (Å²) in [5, 5.41) is 0. The van der Waals surface area contributed by atoms with Gasteiger partial charge < -0.3 is 0 Å². The Kier molecular flexibility index (Phi) is 22.4. The van der Waals surface area contributed by atoms with Gasteiger partial charge >= 0.3 is 0 Å². The zero-order chi connectivity index (χ0) is 17.7. The van der Waals surface area contributed by atoms with Crippen LogP contribution in [0.15, 0.2) is 0 Å². The molecule has 0 unspecified atom stereocenters. The van der Waals surface area contributed by atoms with Crippen molar-refractivity contribution in [2.75, 3.05) is 4.43 Å². The van der Waals surface area contributed by atoms with Crippen LogP contribution in [0.2, 0.25) is 0 Å². The van der Waals surface area contributed by atoms with E-state index in [9.17, 15) is 0 Å². The van der Waals surface area contributed by atoms with Gasteiger partial charge in [-0.1, -0.05) is 152 Å². The molecule has 0 amide bonds. The third kappa shape index (κ3) is 19.1. The molecule has 0 aromatic rings. The molecule has 0 atom stereocenters. The number of alkyl halides is 1. The summed E-state index contributed by atoms with van der Waals surface area (Å²) >= 11 is 2.58. The lowest BCUT2D eigenvalue weighted by molar-refractivity contribution is 0.396. The van der Waals surface area contributed by atoms with Crippen molar-refractivity contribution in [2.45, 2.75) is 136 Å². The quantitative estimate of drug-likeness (QED) is 0.0984. The van der Waals surface area contributed by atoms with E-state index >= 15 is 0 Å². The second-order valence-electron chi connectivity index (χ2n) is 7.87. The van der Waals surface area contributed by atoms with Gasteiger partial charge in [0.2, 0.25) is 0 Å². The van der Waals surface area contributed by atoms with E-state index in [1.807, 2.05) is 0 Å². The third-order valence-electron chi connectivity index (χ3n) is 5.45. The first-order valence-corrected chi connectivity index (χ1v) is 12.9. The van der Waals surface area contributed by atoms with Crippen LogP contribution < -0.4 is 0 Å². The molecule has 0 nitrogen and oxygen atoms in total. The summed E-state index contributed by atoms with van der Waals surface area (Å²) in [5.74, 6) is 1.03. The summed E-state index contributed by atoms with van der Waals surface area (Å²) in [6, 6.07) is 0. The Morgan fingerprint density at radius 1 is 0.458 bits per heavy atom. The minimum Gasteiger partial charge on any atom is -0.0864 e. The van der Waals surface area contributed by atoms with Crippen molar-refractivity contribution < 1.29 is 0 Å². The van der Waals surface area contributed by atoms with Crippen molar-refractivity contribution in [3.05, 3.63) is 0 Å². The standard InChI is InChI=1S/C23H47I/c1-3-5-7-9-11-13-15-17-19-23(21-22-24)20-18-16-14-12-10-8-6-4-2/h23H,3-22H2,1-2H3. The summed E-state index contributed by atoms with van der Waals surface area (Å²) < 4.78 is 1.36. The molecular weight excluding hydrogens is 403 g/mol. The summed E-state index contributed by atoms with van der Waals surface area (Å²) in [6.07, 6.45) is 27.9. The highest BCUT2D eigenvalue weighted by atomic mass is 127. The molecular formula is C23H47I. The molecule has 24 heavy (non-hydrogen) atoms. The lowest BCUT2D eigenvalue weighted by Gasteiger charge is -2.15. The molecule has 0 aromatic carbocycles. The second-order valence-corrected chi connectivity index (χ2v) is 8.95. The van der Waals surface area contributed by atoms with E-state index in [4.69, 9.17) is 0 Å². The largest absolute Gasteiger partial charge is 0.0864 e. The van der Waals surface area contributed by atoms with Gasteiger partial charge in [-0.15, -0.1) is 0 Å². The van der Waals surface area contributed by atoms with E-state index in [2.05, 4.69) is 36.4 Å². The van der Waals surface area contributed by atoms with Crippen LogP contribution in [0.5, 0.6) is 0 Å². The molecule has 0 rings (SSSR count). The summed E-state index contributed by atoms with van der Waals surface area (Å²) in [5.41, 5.74) is 0. The maximum atomic E-state index is 2.58. The van der Waals surface area contributed by atoms with E-state index < -0.39 is 0 Å². The zero-order valence-corrected chi connectivity index (χ0v) is 19.3. The lowest BCUT2D eigenvalue weighted by atomic mass is 9.92. The van der Waals surface area contributed by atoms with Crippen molar-refractivity contribution in [2.24, 2.45) is 5.92 Å². The molecule has 0 radical (unpaired) electrons. The van der Waals surface area contributed by atoms with Gasteiger partial charge in [0.25, 0.3) is 0 Å². The highest BCUT2D eigenvalue weighted by molar-refractivity contribution is 14.1. The predicted molar refractivity (Wildman–Crippen MR) is 121 cm³/mol. The molecule has 1 heteroatoms. The summed E-state index contributed by atoms with van der Waals surface area (Å²) in [7, 11) is 0. The number of halogens is 1. The minimum atomic E-state index is 1.03. The Morgan fingerprint density at radius 3 is 1.12 bits per heavy atom. The highest BCUT2D eigenvalue weighted by Gasteiger charge is 2.07. The van der Waals surface area contributed by atoms with Gasteiger partial charge in [-0.2, -0.15) is 0 Å². The topological polar surface area (TPSA) is 0 Å². The molecule has 0 aromatic heterocycles. The van der Waals surface area contributed by atoms with E-state index in [1.54, 1.807) is 0 Å². The van der Waals surface area contributed by atoms with E-state index in [-0.39, 0.29) is 0 Å². The third-order valence-corrected chi connectivity index (χ3v) is 6.07. The van der Waals surface area contributed by atoms with Crippen LogP contribution >= 0.6 is 22.6 Å². The number of unbranched alkanes of at least 4 members (excludes halogenated alkanes) is 14. The molecule has 0 fully saturated rings. The maximum absolute atomic E-state index is 2.58. The Morgan fingerprint density at radius 2 is 0.792 bits per heavy atom. The molecule has 0 aliphatic heterocycles. The SMILES string of the molecule is CCCCCCCCCCC(CCI)CCCCCCCCCC. The first kappa shape index (κ1) is 24.7. The van der Waals surface area contributed by atoms with Crippen molar-refractivity contribution in [3.63, 3.8) is 0 Å². The average molecular weight is 451 g/mol. The summed E-state index contributed by atoms with van der Waals surface area (Å²) in [4.78, 5) is 0. The molecule has 0 N–H and O–H groups in total. The van der Waals surface area contributed by atoms with Gasteiger partial charge in [-0.25, -0.2) is 0 Å². The summed E-state index contributed by atoms with van der Waals surface area (Å²) in [6.45, 7) is 4.61. The van der Waals surface area contributed by atoms with Crippen molar-refractivity contribution in [3.8, 4) is 0 Å². The molecule has 0 bridgehead atoms. The van der Waals surface area contributed by atoms with Crippen molar-refractivity contribution >= 4 is 22.6 Å². The molecule has 0 saturated heterocycles. The monoisotopic (exact) mass is 450 g/mol. The zero-order valence-electron chi connectivity index (χ0n) is 17.1. The predicted octanol–water partition coefficient (Wildman–Crippen LogP) is 9.49. The fourth-order valence-corrected chi connectivity index (χ4v) is 4.60. The maximum Gasteiger partial charge on any atom is -0.000209 e. The normalized spacial score (nSPS) is 11.5. The Labute approximate surface area is 168 Å². The Balaban J connectivity index is 3.43. The second kappa shape index (κ2) is 21.8. The Hall–Kier alpha value is 0.730. The highest BCUT2D eigenvalue weighted by Crippen LogP contribution is 2.23. The molecule has 0 aliphatic rings. The fourth-order valence-electron chi connectivity index (χ4n) is 3.72. The number of rotatable bonds is 20. The van der Waals surface area contributed by atoms with Gasteiger partial charge in [0.05, 0.1) is 0 Å². The average Bonchev–Trinajstić information content (AvgIpc) is 2.59. The van der Waals surface area contributed by atoms with Crippen LogP contribution in [-0.2, 0) is 0 Å². The molecule has 0 heterocycles. The van der Waals surface area contributed by atoms with Gasteiger partial charge in [-0.05, 0) is 16.8 Å². The van der Waals surface area contributed by atoms with Crippen LogP contribution in [0.3, 0.4) is 0 Å². The molecule has 0 spiro atoms. The lowest BCUT2D eigenvalue weighted by Crippen LogP contribution is -2.02. The van der Waals surface area contributed by atoms with Gasteiger partial charge in [0.1, 0.15) is 0 Å². The number of hydrogen-bond acceptors (Lipinski definition) is 0. The van der Waals surface area contributed by atoms with Gasteiger partial charge in [0.15, 0.2) is 0 Å². The first-order valence-electron chi connectivity index (χ1n) is 11.4. The van der Waals surface area contributed by atoms with Crippen LogP contribution in [0, 0.1) is 5.92 Å². The van der Waals surface area contributed by atoms with Gasteiger partial charge in [-0.3, -0.25) is 0 Å². The van der Waals surface area contributed by atoms with E-state index in [1.165, 1.54) is 126 Å². The smallest absolute Gasteiger partial charge is 0.000209 e. The molecule has 0 saturated carbocycles. The van der Waals surface area contributed by atoms with Crippen LogP contribution in [-0.4, -0.2) is 4.43 Å². The van der Waals surface area contributed by atoms with E-state index in [0.717, 1.165) is 5.92 Å². The van der Waals surface area contributed by atoms with Crippen LogP contribution in [0.1, 0.15) is 136 Å².